The molecule has 4 aromatic rings. The topological polar surface area (TPSA) is 141 Å². The molecule has 3 heterocycles. The lowest BCUT2D eigenvalue weighted by Crippen LogP contribution is -2.44. The van der Waals surface area contributed by atoms with Crippen molar-refractivity contribution in [3.8, 4) is 6.07 Å². The highest BCUT2D eigenvalue weighted by Crippen LogP contribution is 2.25. The Balaban J connectivity index is 1.75. The summed E-state index contributed by atoms with van der Waals surface area (Å²) in [6.07, 6.45) is 1.79. The third-order valence-corrected chi connectivity index (χ3v) is 7.13. The van der Waals surface area contributed by atoms with Crippen molar-refractivity contribution >= 4 is 33.9 Å². The number of piperidine rings is 1. The molecule has 1 atom stereocenters. The van der Waals surface area contributed by atoms with E-state index < -0.39 is 17.2 Å². The predicted octanol–water partition coefficient (Wildman–Crippen LogP) is 1.55. The summed E-state index contributed by atoms with van der Waals surface area (Å²) in [5.74, 6) is -0.0793. The van der Waals surface area contributed by atoms with Crippen molar-refractivity contribution in [2.45, 2.75) is 45.4 Å². The van der Waals surface area contributed by atoms with Gasteiger partial charge in [0, 0.05) is 25.7 Å². The molecule has 0 radical (unpaired) electrons. The number of carbonyl (C=O) groups is 1. The van der Waals surface area contributed by atoms with E-state index in [-0.39, 0.29) is 30.3 Å². The average Bonchev–Trinajstić information content (AvgIpc) is 3.33. The molecule has 0 amide bonds. The second-order valence-corrected chi connectivity index (χ2v) is 9.44. The van der Waals surface area contributed by atoms with Gasteiger partial charge in [-0.1, -0.05) is 30.3 Å². The summed E-state index contributed by atoms with van der Waals surface area (Å²) in [5.41, 5.74) is 6.63. The van der Waals surface area contributed by atoms with Gasteiger partial charge in [0.15, 0.2) is 11.2 Å². The summed E-state index contributed by atoms with van der Waals surface area (Å²) in [5, 5.41) is 11.0. The number of rotatable bonds is 6. The molecule has 5 rings (SSSR count). The van der Waals surface area contributed by atoms with Crippen molar-refractivity contribution in [2.24, 2.45) is 5.73 Å². The minimum absolute atomic E-state index is 0.0209. The number of imidazole rings is 1. The number of fused-ring (bicyclic) bond motifs is 2. The molecule has 1 aliphatic rings. The SMILES string of the molecule is CCn1c(N2CCCC(N)C2)nc2c1c(=O)n(Cc1ccc(C#N)c3ccccc13)c(=O)n2CC(=O)OC. The standard InChI is InChI=1S/C27H29N7O4/c1-3-32-23-24(30-26(32)31-12-6-7-19(29)15-31)33(16-22(35)38-2)27(37)34(25(23)36)14-18-11-10-17(13-28)20-8-4-5-9-21(18)20/h4-5,8-11,19H,3,6-7,12,14-16,29H2,1-2H3. The smallest absolute Gasteiger partial charge is 0.333 e. The quantitative estimate of drug-likeness (QED) is 0.381. The van der Waals surface area contributed by atoms with Crippen molar-refractivity contribution in [1.82, 2.24) is 18.7 Å². The Labute approximate surface area is 218 Å². The largest absolute Gasteiger partial charge is 0.468 e. The Morgan fingerprint density at radius 1 is 1.16 bits per heavy atom. The Hall–Kier alpha value is -4.43. The van der Waals surface area contributed by atoms with E-state index in [2.05, 4.69) is 6.07 Å². The molecule has 1 fully saturated rings. The summed E-state index contributed by atoms with van der Waals surface area (Å²) >= 11 is 0. The molecule has 196 valence electrons. The first-order valence-corrected chi connectivity index (χ1v) is 12.6. The molecule has 0 saturated carbocycles. The summed E-state index contributed by atoms with van der Waals surface area (Å²) in [7, 11) is 1.24. The van der Waals surface area contributed by atoms with Crippen LogP contribution in [0, 0.1) is 11.3 Å². The number of anilines is 1. The van der Waals surface area contributed by atoms with Gasteiger partial charge in [0.1, 0.15) is 6.54 Å². The number of ether oxygens (including phenoxy) is 1. The maximum atomic E-state index is 13.9. The van der Waals surface area contributed by atoms with Crippen LogP contribution < -0.4 is 21.9 Å². The van der Waals surface area contributed by atoms with E-state index in [4.69, 9.17) is 15.5 Å². The number of benzene rings is 2. The van der Waals surface area contributed by atoms with E-state index in [0.29, 0.717) is 30.2 Å². The molecule has 11 nitrogen and oxygen atoms in total. The number of hydrogen-bond acceptors (Lipinski definition) is 8. The first kappa shape index (κ1) is 25.2. The van der Waals surface area contributed by atoms with E-state index in [0.717, 1.165) is 34.7 Å². The molecule has 1 aliphatic heterocycles. The Morgan fingerprint density at radius 2 is 1.92 bits per heavy atom. The predicted molar refractivity (Wildman–Crippen MR) is 143 cm³/mol. The maximum Gasteiger partial charge on any atom is 0.333 e. The molecule has 0 spiro atoms. The van der Waals surface area contributed by atoms with Gasteiger partial charge >= 0.3 is 11.7 Å². The molecular weight excluding hydrogens is 486 g/mol. The first-order valence-electron chi connectivity index (χ1n) is 12.6. The molecule has 2 aromatic carbocycles. The summed E-state index contributed by atoms with van der Waals surface area (Å²) in [6, 6.07) is 13.0. The van der Waals surface area contributed by atoms with Crippen LogP contribution in [0.1, 0.15) is 30.9 Å². The van der Waals surface area contributed by atoms with Gasteiger partial charge in [-0.2, -0.15) is 10.2 Å². The first-order chi connectivity index (χ1) is 18.4. The van der Waals surface area contributed by atoms with Crippen molar-refractivity contribution in [2.75, 3.05) is 25.1 Å². The van der Waals surface area contributed by atoms with Gasteiger partial charge in [0.2, 0.25) is 5.95 Å². The number of nitrogens with two attached hydrogens (primary N) is 1. The normalized spacial score (nSPS) is 15.6. The number of hydrogen-bond donors (Lipinski definition) is 1. The lowest BCUT2D eigenvalue weighted by molar-refractivity contribution is -0.141. The van der Waals surface area contributed by atoms with E-state index >= 15 is 0 Å². The van der Waals surface area contributed by atoms with Crippen molar-refractivity contribution in [1.29, 1.82) is 5.26 Å². The third kappa shape index (κ3) is 4.22. The molecule has 11 heteroatoms. The van der Waals surface area contributed by atoms with Gasteiger partial charge in [0.05, 0.1) is 25.3 Å². The second kappa shape index (κ2) is 10.1. The fourth-order valence-corrected chi connectivity index (χ4v) is 5.25. The molecular formula is C27H29N7O4. The minimum atomic E-state index is -0.663. The van der Waals surface area contributed by atoms with Gasteiger partial charge in [0.25, 0.3) is 5.56 Å². The van der Waals surface area contributed by atoms with Crippen LogP contribution in [0.4, 0.5) is 5.95 Å². The number of esters is 1. The lowest BCUT2D eigenvalue weighted by atomic mass is 10.00. The maximum absolute atomic E-state index is 13.9. The van der Waals surface area contributed by atoms with E-state index in [1.54, 1.807) is 16.7 Å². The molecule has 2 aromatic heterocycles. The van der Waals surface area contributed by atoms with Gasteiger partial charge in [-0.15, -0.1) is 0 Å². The number of aryl methyl sites for hydroxylation is 1. The zero-order valence-electron chi connectivity index (χ0n) is 21.4. The monoisotopic (exact) mass is 515 g/mol. The number of methoxy groups -OCH3 is 1. The fourth-order valence-electron chi connectivity index (χ4n) is 5.25. The van der Waals surface area contributed by atoms with E-state index in [1.165, 1.54) is 11.7 Å². The van der Waals surface area contributed by atoms with Crippen LogP contribution in [-0.4, -0.2) is 50.9 Å². The summed E-state index contributed by atoms with van der Waals surface area (Å²) in [4.78, 5) is 46.7. The van der Waals surface area contributed by atoms with Crippen LogP contribution in [0.3, 0.4) is 0 Å². The molecule has 1 unspecified atom stereocenters. The van der Waals surface area contributed by atoms with E-state index in [9.17, 15) is 19.6 Å². The van der Waals surface area contributed by atoms with Crippen molar-refractivity contribution in [3.05, 3.63) is 68.4 Å². The zero-order chi connectivity index (χ0) is 27.0. The van der Waals surface area contributed by atoms with E-state index in [1.807, 2.05) is 36.1 Å². The van der Waals surface area contributed by atoms with Gasteiger partial charge < -0.3 is 19.9 Å². The van der Waals surface area contributed by atoms with Gasteiger partial charge in [-0.3, -0.25) is 18.7 Å². The average molecular weight is 516 g/mol. The van der Waals surface area contributed by atoms with Crippen LogP contribution in [0.5, 0.6) is 0 Å². The van der Waals surface area contributed by atoms with Gasteiger partial charge in [-0.25, -0.2) is 4.79 Å². The number of carbonyl (C=O) groups excluding carboxylic acids is 1. The van der Waals surface area contributed by atoms with Crippen molar-refractivity contribution in [3.63, 3.8) is 0 Å². The number of nitrogens with zero attached hydrogens (tertiary/aromatic N) is 6. The van der Waals surface area contributed by atoms with Crippen LogP contribution in [0.15, 0.2) is 46.0 Å². The third-order valence-electron chi connectivity index (χ3n) is 7.13. The zero-order valence-corrected chi connectivity index (χ0v) is 21.4. The molecule has 2 N–H and O–H groups in total. The van der Waals surface area contributed by atoms with Crippen molar-refractivity contribution < 1.29 is 9.53 Å². The highest BCUT2D eigenvalue weighted by molar-refractivity contribution is 5.90. The van der Waals surface area contributed by atoms with Crippen LogP contribution >= 0.6 is 0 Å². The number of aromatic nitrogens is 4. The fraction of sp³-hybridized carbons (Fsp3) is 0.370. The van der Waals surface area contributed by atoms with Crippen LogP contribution in [0.25, 0.3) is 21.9 Å². The summed E-state index contributed by atoms with van der Waals surface area (Å²) in [6.45, 7) is 3.21. The Morgan fingerprint density at radius 3 is 2.61 bits per heavy atom. The highest BCUT2D eigenvalue weighted by atomic mass is 16.5. The highest BCUT2D eigenvalue weighted by Gasteiger charge is 2.27. The molecule has 38 heavy (non-hydrogen) atoms. The molecule has 0 aliphatic carbocycles. The summed E-state index contributed by atoms with van der Waals surface area (Å²) < 4.78 is 8.96. The number of nitriles is 1. The Bertz CT molecular complexity index is 1710. The van der Waals surface area contributed by atoms with Crippen LogP contribution in [0.2, 0.25) is 0 Å². The molecule has 1 saturated heterocycles. The second-order valence-electron chi connectivity index (χ2n) is 9.44. The van der Waals surface area contributed by atoms with Crippen LogP contribution in [-0.2, 0) is 29.2 Å². The lowest BCUT2D eigenvalue weighted by Gasteiger charge is -2.31. The van der Waals surface area contributed by atoms with Gasteiger partial charge in [-0.05, 0) is 42.2 Å². The minimum Gasteiger partial charge on any atom is -0.468 e. The molecule has 0 bridgehead atoms. The Kier molecular flexibility index (Phi) is 6.73.